The van der Waals surface area contributed by atoms with Gasteiger partial charge in [-0.15, -0.1) is 0 Å². The first-order valence-corrected chi connectivity index (χ1v) is 3.58. The van der Waals surface area contributed by atoms with Crippen molar-refractivity contribution in [3.63, 3.8) is 0 Å². The van der Waals surface area contributed by atoms with Crippen molar-refractivity contribution < 1.29 is 5.11 Å². The van der Waals surface area contributed by atoms with Gasteiger partial charge in [0, 0.05) is 12.6 Å². The number of halogens is 1. The second-order valence-electron chi connectivity index (χ2n) is 2.23. The topological polar surface area (TPSA) is 59.1 Å². The normalized spacial score (nSPS) is 10.1. The number of aryl methyl sites for hydroxylation is 1. The average molecular weight is 173 g/mol. The second kappa shape index (κ2) is 3.07. The fraction of sp³-hybridized carbons (Fsp3) is 0.286. The summed E-state index contributed by atoms with van der Waals surface area (Å²) in [5.41, 5.74) is 6.47. The van der Waals surface area contributed by atoms with Crippen LogP contribution in [0.3, 0.4) is 0 Å². The Morgan fingerprint density at radius 2 is 2.36 bits per heavy atom. The number of aromatic hydroxyl groups is 1. The Morgan fingerprint density at radius 1 is 1.73 bits per heavy atom. The average Bonchev–Trinajstić information content (AvgIpc) is 1.97. The Balaban J connectivity index is 3.21. The van der Waals surface area contributed by atoms with E-state index < -0.39 is 0 Å². The molecule has 0 aliphatic heterocycles. The summed E-state index contributed by atoms with van der Waals surface area (Å²) in [6.07, 6.45) is 0. The van der Waals surface area contributed by atoms with E-state index in [4.69, 9.17) is 17.3 Å². The third-order valence-electron chi connectivity index (χ3n) is 1.40. The van der Waals surface area contributed by atoms with Crippen molar-refractivity contribution in [2.75, 3.05) is 0 Å². The Labute approximate surface area is 69.8 Å². The molecule has 0 aromatic carbocycles. The number of nitrogens with two attached hydrogens (primary N) is 1. The van der Waals surface area contributed by atoms with Crippen molar-refractivity contribution in [3.05, 3.63) is 22.5 Å². The zero-order valence-corrected chi connectivity index (χ0v) is 6.89. The van der Waals surface area contributed by atoms with Crippen LogP contribution >= 0.6 is 11.6 Å². The van der Waals surface area contributed by atoms with E-state index in [2.05, 4.69) is 4.98 Å². The van der Waals surface area contributed by atoms with Gasteiger partial charge in [-0.25, -0.2) is 0 Å². The lowest BCUT2D eigenvalue weighted by Gasteiger charge is -2.02. The summed E-state index contributed by atoms with van der Waals surface area (Å²) in [5.74, 6) is 0.0584. The summed E-state index contributed by atoms with van der Waals surface area (Å²) < 4.78 is 0. The van der Waals surface area contributed by atoms with Crippen LogP contribution < -0.4 is 5.73 Å². The van der Waals surface area contributed by atoms with Crippen LogP contribution in [0.15, 0.2) is 6.07 Å². The molecule has 0 amide bonds. The van der Waals surface area contributed by atoms with Crippen LogP contribution in [-0.2, 0) is 6.54 Å². The molecule has 0 saturated carbocycles. The minimum Gasteiger partial charge on any atom is -0.506 e. The molecule has 0 aliphatic carbocycles. The van der Waals surface area contributed by atoms with Gasteiger partial charge in [0.1, 0.15) is 5.75 Å². The van der Waals surface area contributed by atoms with Crippen molar-refractivity contribution in [2.45, 2.75) is 13.5 Å². The van der Waals surface area contributed by atoms with Gasteiger partial charge in [0.05, 0.1) is 16.4 Å². The predicted octanol–water partition coefficient (Wildman–Crippen LogP) is 1.21. The maximum Gasteiger partial charge on any atom is 0.139 e. The van der Waals surface area contributed by atoms with Crippen LogP contribution in [0.4, 0.5) is 0 Å². The number of hydrogen-bond acceptors (Lipinski definition) is 3. The lowest BCUT2D eigenvalue weighted by atomic mass is 10.3. The number of nitrogens with zero attached hydrogens (tertiary/aromatic N) is 1. The molecule has 3 N–H and O–H groups in total. The van der Waals surface area contributed by atoms with E-state index in [0.717, 1.165) is 0 Å². The summed E-state index contributed by atoms with van der Waals surface area (Å²) in [6.45, 7) is 1.99. The molecule has 1 aromatic rings. The monoisotopic (exact) mass is 172 g/mol. The SMILES string of the molecule is Cc1nc(CN)c(O)cc1Cl. The van der Waals surface area contributed by atoms with Crippen LogP contribution in [0.2, 0.25) is 5.02 Å². The van der Waals surface area contributed by atoms with E-state index in [-0.39, 0.29) is 12.3 Å². The summed E-state index contributed by atoms with van der Waals surface area (Å²) in [5, 5.41) is 9.65. The molecule has 0 fully saturated rings. The summed E-state index contributed by atoms with van der Waals surface area (Å²) in [4.78, 5) is 3.98. The zero-order chi connectivity index (χ0) is 8.43. The summed E-state index contributed by atoms with van der Waals surface area (Å²) in [6, 6.07) is 1.45. The first-order valence-electron chi connectivity index (χ1n) is 3.20. The number of rotatable bonds is 1. The minimum absolute atomic E-state index is 0.0584. The van der Waals surface area contributed by atoms with Gasteiger partial charge in [0.15, 0.2) is 0 Å². The van der Waals surface area contributed by atoms with Gasteiger partial charge >= 0.3 is 0 Å². The van der Waals surface area contributed by atoms with Gasteiger partial charge in [0.25, 0.3) is 0 Å². The maximum absolute atomic E-state index is 9.19. The highest BCUT2D eigenvalue weighted by molar-refractivity contribution is 6.31. The van der Waals surface area contributed by atoms with Crippen molar-refractivity contribution in [3.8, 4) is 5.75 Å². The minimum atomic E-state index is 0.0584. The van der Waals surface area contributed by atoms with E-state index >= 15 is 0 Å². The molecule has 4 heteroatoms. The Hall–Kier alpha value is -0.800. The Bertz CT molecular complexity index is 275. The Morgan fingerprint density at radius 3 is 2.91 bits per heavy atom. The van der Waals surface area contributed by atoms with Gasteiger partial charge < -0.3 is 10.8 Å². The fourth-order valence-corrected chi connectivity index (χ4v) is 0.917. The van der Waals surface area contributed by atoms with Crippen molar-refractivity contribution in [1.29, 1.82) is 0 Å². The number of hydrogen-bond donors (Lipinski definition) is 2. The van der Waals surface area contributed by atoms with Crippen molar-refractivity contribution >= 4 is 11.6 Å². The quantitative estimate of drug-likeness (QED) is 0.670. The number of pyridine rings is 1. The van der Waals surface area contributed by atoms with E-state index in [0.29, 0.717) is 16.4 Å². The molecule has 3 nitrogen and oxygen atoms in total. The standard InChI is InChI=1S/C7H9ClN2O/c1-4-5(8)2-7(11)6(3-9)10-4/h2,11H,3,9H2,1H3. The van der Waals surface area contributed by atoms with Crippen LogP contribution in [0.25, 0.3) is 0 Å². The van der Waals surface area contributed by atoms with E-state index in [9.17, 15) is 5.11 Å². The third kappa shape index (κ3) is 1.61. The second-order valence-corrected chi connectivity index (χ2v) is 2.63. The first kappa shape index (κ1) is 8.30. The van der Waals surface area contributed by atoms with Gasteiger partial charge in [-0.2, -0.15) is 0 Å². The zero-order valence-electron chi connectivity index (χ0n) is 6.13. The van der Waals surface area contributed by atoms with Crippen molar-refractivity contribution in [2.24, 2.45) is 5.73 Å². The molecular formula is C7H9ClN2O. The fourth-order valence-electron chi connectivity index (χ4n) is 0.771. The van der Waals surface area contributed by atoms with E-state index in [1.807, 2.05) is 0 Å². The lowest BCUT2D eigenvalue weighted by molar-refractivity contribution is 0.464. The van der Waals surface area contributed by atoms with Crippen LogP contribution in [0.5, 0.6) is 5.75 Å². The molecule has 1 heterocycles. The first-order chi connectivity index (χ1) is 5.15. The highest BCUT2D eigenvalue weighted by Gasteiger charge is 2.04. The molecule has 1 aromatic heterocycles. The molecular weight excluding hydrogens is 164 g/mol. The molecule has 11 heavy (non-hydrogen) atoms. The van der Waals surface area contributed by atoms with Gasteiger partial charge in [-0.3, -0.25) is 4.98 Å². The highest BCUT2D eigenvalue weighted by Crippen LogP contribution is 2.21. The predicted molar refractivity (Wildman–Crippen MR) is 43.5 cm³/mol. The van der Waals surface area contributed by atoms with Crippen molar-refractivity contribution in [1.82, 2.24) is 4.98 Å². The lowest BCUT2D eigenvalue weighted by Crippen LogP contribution is -2.01. The summed E-state index contributed by atoms with van der Waals surface area (Å²) >= 11 is 5.68. The summed E-state index contributed by atoms with van der Waals surface area (Å²) in [7, 11) is 0. The van der Waals surface area contributed by atoms with Gasteiger partial charge in [-0.1, -0.05) is 11.6 Å². The molecule has 0 aliphatic rings. The van der Waals surface area contributed by atoms with E-state index in [1.165, 1.54) is 6.07 Å². The molecule has 0 bridgehead atoms. The largest absolute Gasteiger partial charge is 0.506 e. The molecule has 0 atom stereocenters. The third-order valence-corrected chi connectivity index (χ3v) is 1.78. The highest BCUT2D eigenvalue weighted by atomic mass is 35.5. The van der Waals surface area contributed by atoms with E-state index in [1.54, 1.807) is 6.92 Å². The van der Waals surface area contributed by atoms with Gasteiger partial charge in [0.2, 0.25) is 0 Å². The molecule has 1 rings (SSSR count). The number of aromatic nitrogens is 1. The molecule has 0 spiro atoms. The smallest absolute Gasteiger partial charge is 0.139 e. The van der Waals surface area contributed by atoms with Crippen LogP contribution in [-0.4, -0.2) is 10.1 Å². The molecule has 0 unspecified atom stereocenters. The molecule has 0 saturated heterocycles. The molecule has 0 radical (unpaired) electrons. The van der Waals surface area contributed by atoms with Crippen LogP contribution in [0.1, 0.15) is 11.4 Å². The van der Waals surface area contributed by atoms with Crippen LogP contribution in [0, 0.1) is 6.92 Å². The maximum atomic E-state index is 9.19. The molecule has 60 valence electrons. The Kier molecular flexibility index (Phi) is 2.31. The van der Waals surface area contributed by atoms with Gasteiger partial charge in [-0.05, 0) is 6.92 Å².